The summed E-state index contributed by atoms with van der Waals surface area (Å²) < 4.78 is 1.12. The van der Waals surface area contributed by atoms with Crippen molar-refractivity contribution in [2.75, 3.05) is 5.75 Å². The lowest BCUT2D eigenvalue weighted by Gasteiger charge is -2.29. The first kappa shape index (κ1) is 15.4. The predicted octanol–water partition coefficient (Wildman–Crippen LogP) is 5.99. The lowest BCUT2D eigenvalue weighted by Crippen LogP contribution is -2.27. The molecular formula is C17H17BrClNS. The Hall–Kier alpha value is -0.480. The third-order valence-corrected chi connectivity index (χ3v) is 5.66. The number of thioether (sulfide) groups is 1. The summed E-state index contributed by atoms with van der Waals surface area (Å²) in [6.07, 6.45) is 1.14. The molecule has 1 heterocycles. The van der Waals surface area contributed by atoms with Crippen LogP contribution in [-0.2, 0) is 0 Å². The van der Waals surface area contributed by atoms with Crippen LogP contribution in [0.4, 0.5) is 0 Å². The van der Waals surface area contributed by atoms with E-state index in [1.54, 1.807) is 0 Å². The zero-order chi connectivity index (χ0) is 14.8. The summed E-state index contributed by atoms with van der Waals surface area (Å²) in [5.74, 6) is 1.15. The number of benzene rings is 2. The molecule has 0 amide bonds. The van der Waals surface area contributed by atoms with Crippen molar-refractivity contribution in [3.05, 3.63) is 63.1 Å². The molecule has 1 aliphatic rings. The summed E-state index contributed by atoms with van der Waals surface area (Å²) in [5.41, 5.74) is 2.63. The molecule has 0 bridgehead atoms. The van der Waals surface area contributed by atoms with E-state index in [0.717, 1.165) is 21.7 Å². The van der Waals surface area contributed by atoms with Gasteiger partial charge in [-0.15, -0.1) is 11.8 Å². The minimum absolute atomic E-state index is 0.308. The molecule has 2 aromatic carbocycles. The summed E-state index contributed by atoms with van der Waals surface area (Å²) in [7, 11) is 0. The van der Waals surface area contributed by atoms with Gasteiger partial charge in [0.15, 0.2) is 0 Å². The maximum absolute atomic E-state index is 6.17. The van der Waals surface area contributed by atoms with Crippen molar-refractivity contribution >= 4 is 39.3 Å². The second-order valence-corrected chi connectivity index (χ2v) is 7.80. The molecule has 2 atom stereocenters. The van der Waals surface area contributed by atoms with Crippen LogP contribution in [0.25, 0.3) is 0 Å². The van der Waals surface area contributed by atoms with Crippen molar-refractivity contribution in [1.29, 1.82) is 0 Å². The third-order valence-electron chi connectivity index (χ3n) is 3.81. The molecule has 2 aromatic rings. The van der Waals surface area contributed by atoms with Crippen LogP contribution in [0.15, 0.2) is 51.8 Å². The van der Waals surface area contributed by atoms with Gasteiger partial charge in [-0.1, -0.05) is 39.7 Å². The Morgan fingerprint density at radius 1 is 1.29 bits per heavy atom. The Morgan fingerprint density at radius 3 is 2.95 bits per heavy atom. The van der Waals surface area contributed by atoms with Gasteiger partial charge < -0.3 is 5.32 Å². The molecule has 4 heteroatoms. The quantitative estimate of drug-likeness (QED) is 0.699. The smallest absolute Gasteiger partial charge is 0.0410 e. The molecule has 0 aromatic heterocycles. The molecule has 0 aliphatic carbocycles. The molecule has 21 heavy (non-hydrogen) atoms. The van der Waals surface area contributed by atoms with Crippen LogP contribution in [0.5, 0.6) is 0 Å². The van der Waals surface area contributed by atoms with Gasteiger partial charge in [0.2, 0.25) is 0 Å². The molecule has 1 nitrogen and oxygen atoms in total. The largest absolute Gasteiger partial charge is 0.303 e. The van der Waals surface area contributed by atoms with Gasteiger partial charge >= 0.3 is 0 Å². The zero-order valence-corrected chi connectivity index (χ0v) is 14.9. The average Bonchev–Trinajstić information content (AvgIpc) is 2.48. The number of halogens is 2. The molecule has 0 saturated carbocycles. The van der Waals surface area contributed by atoms with E-state index in [1.807, 2.05) is 17.8 Å². The molecule has 3 rings (SSSR count). The number of nitrogens with one attached hydrogen (secondary N) is 1. The van der Waals surface area contributed by atoms with E-state index in [0.29, 0.717) is 12.1 Å². The van der Waals surface area contributed by atoms with Crippen molar-refractivity contribution in [1.82, 2.24) is 5.32 Å². The van der Waals surface area contributed by atoms with E-state index in [2.05, 4.69) is 64.6 Å². The second kappa shape index (κ2) is 6.74. The summed E-state index contributed by atoms with van der Waals surface area (Å²) in [6, 6.07) is 15.4. The Labute approximate surface area is 143 Å². The third kappa shape index (κ3) is 3.65. The summed E-state index contributed by atoms with van der Waals surface area (Å²) in [6.45, 7) is 2.22. The van der Waals surface area contributed by atoms with Gasteiger partial charge in [0.05, 0.1) is 0 Å². The zero-order valence-electron chi connectivity index (χ0n) is 11.8. The first-order chi connectivity index (χ1) is 10.1. The minimum atomic E-state index is 0.308. The molecule has 1 aliphatic heterocycles. The van der Waals surface area contributed by atoms with Gasteiger partial charge in [-0.2, -0.15) is 0 Å². The van der Waals surface area contributed by atoms with Crippen molar-refractivity contribution in [3.63, 3.8) is 0 Å². The fourth-order valence-corrected chi connectivity index (χ4v) is 4.42. The fraction of sp³-hybridized carbons (Fsp3) is 0.294. The van der Waals surface area contributed by atoms with Gasteiger partial charge in [-0.3, -0.25) is 0 Å². The first-order valence-corrected chi connectivity index (χ1v) is 9.23. The maximum atomic E-state index is 6.17. The number of fused-ring (bicyclic) bond motifs is 1. The van der Waals surface area contributed by atoms with E-state index >= 15 is 0 Å². The Morgan fingerprint density at radius 2 is 2.14 bits per heavy atom. The number of rotatable bonds is 3. The summed E-state index contributed by atoms with van der Waals surface area (Å²) in [4.78, 5) is 1.35. The van der Waals surface area contributed by atoms with Crippen LogP contribution in [0.1, 0.15) is 36.6 Å². The van der Waals surface area contributed by atoms with Crippen LogP contribution in [0.3, 0.4) is 0 Å². The lowest BCUT2D eigenvalue weighted by molar-refractivity contribution is 0.450. The van der Waals surface area contributed by atoms with E-state index in [1.165, 1.54) is 16.0 Å². The highest BCUT2D eigenvalue weighted by atomic mass is 79.9. The average molecular weight is 383 g/mol. The van der Waals surface area contributed by atoms with Gasteiger partial charge in [0.1, 0.15) is 0 Å². The monoisotopic (exact) mass is 381 g/mol. The Kier molecular flexibility index (Phi) is 4.95. The van der Waals surface area contributed by atoms with Crippen LogP contribution in [-0.4, -0.2) is 5.75 Å². The molecule has 1 N–H and O–H groups in total. The van der Waals surface area contributed by atoms with Crippen LogP contribution < -0.4 is 5.32 Å². The predicted molar refractivity (Wildman–Crippen MR) is 95.2 cm³/mol. The molecule has 0 spiro atoms. The van der Waals surface area contributed by atoms with Crippen molar-refractivity contribution in [2.24, 2.45) is 0 Å². The van der Waals surface area contributed by atoms with Gasteiger partial charge in [0, 0.05) is 26.5 Å². The van der Waals surface area contributed by atoms with Crippen molar-refractivity contribution in [3.8, 4) is 0 Å². The summed E-state index contributed by atoms with van der Waals surface area (Å²) in [5, 5.41) is 4.57. The maximum Gasteiger partial charge on any atom is 0.0410 e. The number of hydrogen-bond donors (Lipinski definition) is 1. The first-order valence-electron chi connectivity index (χ1n) is 7.07. The van der Waals surface area contributed by atoms with Gasteiger partial charge in [-0.05, 0) is 60.6 Å². The second-order valence-electron chi connectivity index (χ2n) is 5.32. The highest BCUT2D eigenvalue weighted by Crippen LogP contribution is 2.38. The summed E-state index contributed by atoms with van der Waals surface area (Å²) >= 11 is 11.6. The molecule has 110 valence electrons. The molecule has 0 fully saturated rings. The van der Waals surface area contributed by atoms with E-state index in [9.17, 15) is 0 Å². The minimum Gasteiger partial charge on any atom is -0.303 e. The van der Waals surface area contributed by atoms with Gasteiger partial charge in [0.25, 0.3) is 0 Å². The topological polar surface area (TPSA) is 12.0 Å². The standard InChI is InChI=1S/C17H17BrClNS/c1-11(12-3-2-4-13(18)9-12)20-16-7-8-21-17-6-5-14(19)10-15(16)17/h2-6,9-11,16,20H,7-8H2,1H3/t11-,16?/m1/s1. The van der Waals surface area contributed by atoms with Crippen LogP contribution in [0, 0.1) is 0 Å². The van der Waals surface area contributed by atoms with Crippen molar-refractivity contribution in [2.45, 2.75) is 30.3 Å². The normalized spacial score (nSPS) is 19.1. The van der Waals surface area contributed by atoms with Crippen molar-refractivity contribution < 1.29 is 0 Å². The molecule has 0 radical (unpaired) electrons. The molecule has 1 unspecified atom stereocenters. The van der Waals surface area contributed by atoms with E-state index in [-0.39, 0.29) is 0 Å². The van der Waals surface area contributed by atoms with E-state index in [4.69, 9.17) is 11.6 Å². The lowest BCUT2D eigenvalue weighted by atomic mass is 10.0. The van der Waals surface area contributed by atoms with E-state index < -0.39 is 0 Å². The SMILES string of the molecule is C[C@@H](NC1CCSc2ccc(Cl)cc21)c1cccc(Br)c1. The highest BCUT2D eigenvalue weighted by Gasteiger charge is 2.22. The van der Waals surface area contributed by atoms with Crippen LogP contribution >= 0.6 is 39.3 Å². The molecule has 0 saturated heterocycles. The Balaban J connectivity index is 1.81. The highest BCUT2D eigenvalue weighted by molar-refractivity contribution is 9.10. The van der Waals surface area contributed by atoms with Gasteiger partial charge in [-0.25, -0.2) is 0 Å². The number of hydrogen-bond acceptors (Lipinski definition) is 2. The fourth-order valence-electron chi connectivity index (χ4n) is 2.71. The Bertz CT molecular complexity index is 646. The molecular weight excluding hydrogens is 366 g/mol. The van der Waals surface area contributed by atoms with Crippen LogP contribution in [0.2, 0.25) is 5.02 Å².